The van der Waals surface area contributed by atoms with Crippen LogP contribution in [0.15, 0.2) is 58.0 Å². The van der Waals surface area contributed by atoms with E-state index < -0.39 is 17.6 Å². The quantitative estimate of drug-likeness (QED) is 0.318. The highest BCUT2D eigenvalue weighted by molar-refractivity contribution is 9.10. The van der Waals surface area contributed by atoms with Crippen molar-refractivity contribution < 1.29 is 24.6 Å². The molecule has 3 N–H and O–H groups in total. The average molecular weight is 463 g/mol. The minimum atomic E-state index is -1.30. The Hall–Kier alpha value is -2.42. The van der Waals surface area contributed by atoms with E-state index in [1.807, 2.05) is 24.3 Å². The lowest BCUT2D eigenvalue weighted by Gasteiger charge is -2.27. The molecule has 2 atom stereocenters. The summed E-state index contributed by atoms with van der Waals surface area (Å²) in [6.45, 7) is 2.26. The number of hydrogen-bond acceptors (Lipinski definition) is 6. The van der Waals surface area contributed by atoms with Crippen LogP contribution in [-0.2, 0) is 16.0 Å². The second-order valence-corrected chi connectivity index (χ2v) is 7.61. The molecule has 2 aromatic carbocycles. The van der Waals surface area contributed by atoms with Gasteiger partial charge in [-0.2, -0.15) is 0 Å². The molecule has 29 heavy (non-hydrogen) atoms. The number of nitrogens with one attached hydrogen (secondary N) is 1. The number of aliphatic hydroxyl groups is 1. The van der Waals surface area contributed by atoms with E-state index in [9.17, 15) is 10.0 Å². The Kier molecular flexibility index (Phi) is 6.89. The van der Waals surface area contributed by atoms with Gasteiger partial charge in [0.2, 0.25) is 5.90 Å². The van der Waals surface area contributed by atoms with Crippen molar-refractivity contribution in [2.24, 2.45) is 4.99 Å². The SMILES string of the molecule is C[C@@H]1OC(c2ccc(OCCCO)cc2)=N[C@]1(Cc1ccccc1Br)C(=O)NO. The van der Waals surface area contributed by atoms with Crippen LogP contribution in [0.1, 0.15) is 24.5 Å². The smallest absolute Gasteiger partial charge is 0.275 e. The minimum absolute atomic E-state index is 0.0765. The fraction of sp³-hybridized carbons (Fsp3) is 0.333. The van der Waals surface area contributed by atoms with Gasteiger partial charge < -0.3 is 14.6 Å². The topological polar surface area (TPSA) is 100 Å². The molecule has 1 amide bonds. The van der Waals surface area contributed by atoms with Crippen LogP contribution in [0.4, 0.5) is 0 Å². The van der Waals surface area contributed by atoms with Crippen LogP contribution >= 0.6 is 15.9 Å². The van der Waals surface area contributed by atoms with Crippen molar-refractivity contribution in [2.75, 3.05) is 13.2 Å². The molecule has 0 aromatic heterocycles. The monoisotopic (exact) mass is 462 g/mol. The molecule has 0 saturated carbocycles. The number of carbonyl (C=O) groups excluding carboxylic acids is 1. The molecule has 0 fully saturated rings. The molecule has 1 aliphatic heterocycles. The van der Waals surface area contributed by atoms with E-state index in [2.05, 4.69) is 20.9 Å². The molecule has 0 bridgehead atoms. The van der Waals surface area contributed by atoms with E-state index in [0.29, 0.717) is 30.2 Å². The summed E-state index contributed by atoms with van der Waals surface area (Å²) in [7, 11) is 0. The van der Waals surface area contributed by atoms with E-state index in [1.165, 1.54) is 0 Å². The van der Waals surface area contributed by atoms with E-state index in [0.717, 1.165) is 10.0 Å². The Balaban J connectivity index is 1.88. The summed E-state index contributed by atoms with van der Waals surface area (Å²) in [5, 5.41) is 18.2. The van der Waals surface area contributed by atoms with Crippen LogP contribution in [-0.4, -0.2) is 47.0 Å². The third kappa shape index (κ3) is 4.60. The molecule has 1 aliphatic rings. The summed E-state index contributed by atoms with van der Waals surface area (Å²) >= 11 is 3.50. The van der Waals surface area contributed by atoms with Gasteiger partial charge in [0.25, 0.3) is 5.91 Å². The summed E-state index contributed by atoms with van der Waals surface area (Å²) in [6, 6.07) is 14.7. The predicted octanol–water partition coefficient (Wildman–Crippen LogP) is 2.86. The zero-order chi connectivity index (χ0) is 20.9. The molecular weight excluding hydrogens is 440 g/mol. The maximum absolute atomic E-state index is 12.6. The van der Waals surface area contributed by atoms with E-state index in [-0.39, 0.29) is 13.0 Å². The number of carbonyl (C=O) groups is 1. The van der Waals surface area contributed by atoms with Crippen molar-refractivity contribution in [3.8, 4) is 5.75 Å². The van der Waals surface area contributed by atoms with Crippen molar-refractivity contribution in [1.29, 1.82) is 0 Å². The van der Waals surface area contributed by atoms with Gasteiger partial charge >= 0.3 is 0 Å². The lowest BCUT2D eigenvalue weighted by Crippen LogP contribution is -2.51. The molecule has 3 rings (SSSR count). The number of halogens is 1. The first kappa shape index (κ1) is 21.3. The number of nitrogens with zero attached hydrogens (tertiary/aromatic N) is 1. The van der Waals surface area contributed by atoms with Crippen molar-refractivity contribution in [2.45, 2.75) is 31.4 Å². The molecule has 0 unspecified atom stereocenters. The van der Waals surface area contributed by atoms with Gasteiger partial charge in [-0.1, -0.05) is 34.1 Å². The molecule has 7 nitrogen and oxygen atoms in total. The van der Waals surface area contributed by atoms with Gasteiger partial charge in [0.1, 0.15) is 11.9 Å². The summed E-state index contributed by atoms with van der Waals surface area (Å²) < 4.78 is 12.3. The molecule has 2 aromatic rings. The molecule has 0 spiro atoms. The molecule has 0 radical (unpaired) electrons. The van der Waals surface area contributed by atoms with E-state index >= 15 is 0 Å². The second kappa shape index (κ2) is 9.39. The van der Waals surface area contributed by atoms with Gasteiger partial charge in [0, 0.05) is 29.5 Å². The third-order valence-electron chi connectivity index (χ3n) is 4.85. The number of ether oxygens (including phenoxy) is 2. The molecular formula is C21H23BrN2O5. The summed E-state index contributed by atoms with van der Waals surface area (Å²) in [6.07, 6.45) is 0.230. The van der Waals surface area contributed by atoms with Crippen LogP contribution in [0, 0.1) is 0 Å². The first-order valence-corrected chi connectivity index (χ1v) is 10.1. The Morgan fingerprint density at radius 1 is 1.28 bits per heavy atom. The fourth-order valence-electron chi connectivity index (χ4n) is 3.17. The van der Waals surface area contributed by atoms with Crippen molar-refractivity contribution in [3.63, 3.8) is 0 Å². The first-order chi connectivity index (χ1) is 14.0. The standard InChI is InChI=1S/C21H23BrN2O5/c1-14-21(20(26)24-27,13-16-5-2-3-6-18(16)22)23-19(29-14)15-7-9-17(10-8-15)28-12-4-11-25/h2-3,5-10,14,25,27H,4,11-13H2,1H3,(H,24,26)/t14-,21-/m0/s1. The highest BCUT2D eigenvalue weighted by Crippen LogP contribution is 2.34. The number of benzene rings is 2. The predicted molar refractivity (Wildman–Crippen MR) is 111 cm³/mol. The maximum atomic E-state index is 12.6. The lowest BCUT2D eigenvalue weighted by molar-refractivity contribution is -0.136. The Labute approximate surface area is 177 Å². The third-order valence-corrected chi connectivity index (χ3v) is 5.62. The van der Waals surface area contributed by atoms with Crippen LogP contribution in [0.25, 0.3) is 0 Å². The van der Waals surface area contributed by atoms with E-state index in [4.69, 9.17) is 14.6 Å². The number of aliphatic imine (C=N–C) groups is 1. The second-order valence-electron chi connectivity index (χ2n) is 6.76. The number of hydrogen-bond donors (Lipinski definition) is 3. The minimum Gasteiger partial charge on any atom is -0.494 e. The maximum Gasteiger partial charge on any atom is 0.275 e. The summed E-state index contributed by atoms with van der Waals surface area (Å²) in [5.41, 5.74) is 2.02. The van der Waals surface area contributed by atoms with Crippen LogP contribution < -0.4 is 10.2 Å². The average Bonchev–Trinajstić information content (AvgIpc) is 3.07. The normalized spacial score (nSPS) is 20.7. The summed E-state index contributed by atoms with van der Waals surface area (Å²) in [5.74, 6) is 0.371. The van der Waals surface area contributed by atoms with Gasteiger partial charge in [-0.05, 0) is 42.8 Å². The molecule has 8 heteroatoms. The molecule has 1 heterocycles. The summed E-state index contributed by atoms with van der Waals surface area (Å²) in [4.78, 5) is 17.2. The van der Waals surface area contributed by atoms with Gasteiger partial charge in [0.15, 0.2) is 5.54 Å². The number of aliphatic hydroxyl groups excluding tert-OH is 1. The largest absolute Gasteiger partial charge is 0.494 e. The zero-order valence-electron chi connectivity index (χ0n) is 16.0. The van der Waals surface area contributed by atoms with Crippen LogP contribution in [0.5, 0.6) is 5.75 Å². The highest BCUT2D eigenvalue weighted by atomic mass is 79.9. The Morgan fingerprint density at radius 2 is 2.00 bits per heavy atom. The Bertz CT molecular complexity index is 887. The zero-order valence-corrected chi connectivity index (χ0v) is 17.6. The van der Waals surface area contributed by atoms with Gasteiger partial charge in [-0.15, -0.1) is 0 Å². The van der Waals surface area contributed by atoms with Crippen molar-refractivity contribution in [3.05, 3.63) is 64.1 Å². The van der Waals surface area contributed by atoms with Crippen molar-refractivity contribution >= 4 is 27.7 Å². The van der Waals surface area contributed by atoms with Crippen LogP contribution in [0.2, 0.25) is 0 Å². The molecule has 154 valence electrons. The number of rotatable bonds is 8. The van der Waals surface area contributed by atoms with Gasteiger partial charge in [-0.25, -0.2) is 10.5 Å². The number of hydroxylamine groups is 1. The Morgan fingerprint density at radius 3 is 2.66 bits per heavy atom. The first-order valence-electron chi connectivity index (χ1n) is 9.28. The fourth-order valence-corrected chi connectivity index (χ4v) is 3.60. The number of amides is 1. The van der Waals surface area contributed by atoms with Gasteiger partial charge in [-0.3, -0.25) is 10.0 Å². The highest BCUT2D eigenvalue weighted by Gasteiger charge is 2.50. The van der Waals surface area contributed by atoms with Crippen molar-refractivity contribution in [1.82, 2.24) is 5.48 Å². The van der Waals surface area contributed by atoms with E-state index in [1.54, 1.807) is 36.7 Å². The lowest BCUT2D eigenvalue weighted by atomic mass is 9.86. The van der Waals surface area contributed by atoms with Gasteiger partial charge in [0.05, 0.1) is 6.61 Å². The molecule has 0 saturated heterocycles. The molecule has 0 aliphatic carbocycles. The van der Waals surface area contributed by atoms with Crippen LogP contribution in [0.3, 0.4) is 0 Å².